The van der Waals surface area contributed by atoms with Gasteiger partial charge < -0.3 is 19.7 Å². The molecule has 2 aliphatic heterocycles. The van der Waals surface area contributed by atoms with Crippen molar-refractivity contribution >= 4 is 5.96 Å². The van der Waals surface area contributed by atoms with Gasteiger partial charge in [-0.2, -0.15) is 5.10 Å². The normalized spacial score (nSPS) is 27.7. The van der Waals surface area contributed by atoms with Crippen LogP contribution < -0.4 is 5.32 Å². The van der Waals surface area contributed by atoms with Crippen LogP contribution in [0.1, 0.15) is 45.3 Å². The summed E-state index contributed by atoms with van der Waals surface area (Å²) in [5, 5.41) is 7.88. The average molecular weight is 378 g/mol. The summed E-state index contributed by atoms with van der Waals surface area (Å²) in [6.07, 6.45) is 6.57. The maximum atomic E-state index is 6.12. The number of rotatable bonds is 3. The molecule has 1 aromatic heterocycles. The first-order valence-electron chi connectivity index (χ1n) is 10.1. The van der Waals surface area contributed by atoms with Gasteiger partial charge >= 0.3 is 0 Å². The van der Waals surface area contributed by atoms with Crippen LogP contribution >= 0.6 is 0 Å². The third-order valence-corrected chi connectivity index (χ3v) is 5.50. The molecule has 0 radical (unpaired) electrons. The summed E-state index contributed by atoms with van der Waals surface area (Å²) in [6.45, 7) is 10.9. The van der Waals surface area contributed by atoms with Gasteiger partial charge in [0.05, 0.1) is 25.5 Å². The van der Waals surface area contributed by atoms with Crippen LogP contribution in [-0.4, -0.2) is 66.6 Å². The van der Waals surface area contributed by atoms with Gasteiger partial charge in [0, 0.05) is 51.5 Å². The predicted molar refractivity (Wildman–Crippen MR) is 107 cm³/mol. The molecule has 7 nitrogen and oxygen atoms in total. The van der Waals surface area contributed by atoms with Crippen molar-refractivity contribution in [3.05, 3.63) is 18.0 Å². The highest BCUT2D eigenvalue weighted by Gasteiger charge is 2.35. The summed E-state index contributed by atoms with van der Waals surface area (Å²) in [6, 6.07) is 0. The van der Waals surface area contributed by atoms with Gasteiger partial charge in [0.15, 0.2) is 5.96 Å². The van der Waals surface area contributed by atoms with Gasteiger partial charge in [-0.1, -0.05) is 20.8 Å². The van der Waals surface area contributed by atoms with E-state index in [0.717, 1.165) is 44.2 Å². The molecule has 0 amide bonds. The Morgan fingerprint density at radius 1 is 1.33 bits per heavy atom. The van der Waals surface area contributed by atoms with Crippen molar-refractivity contribution in [1.82, 2.24) is 20.0 Å². The van der Waals surface area contributed by atoms with Gasteiger partial charge in [-0.15, -0.1) is 0 Å². The maximum Gasteiger partial charge on any atom is 0.193 e. The summed E-state index contributed by atoms with van der Waals surface area (Å²) in [7, 11) is 3.79. The Morgan fingerprint density at radius 2 is 2.15 bits per heavy atom. The molecule has 3 unspecified atom stereocenters. The highest BCUT2D eigenvalue weighted by molar-refractivity contribution is 5.80. The number of hydrogen-bond acceptors (Lipinski definition) is 4. The minimum atomic E-state index is 0.0336. The van der Waals surface area contributed by atoms with Crippen LogP contribution in [0.2, 0.25) is 0 Å². The summed E-state index contributed by atoms with van der Waals surface area (Å²) in [5.41, 5.74) is 1.27. The van der Waals surface area contributed by atoms with Crippen molar-refractivity contribution in [2.45, 2.75) is 45.8 Å². The molecule has 0 aromatic carbocycles. The van der Waals surface area contributed by atoms with Crippen LogP contribution in [0.15, 0.2) is 17.4 Å². The number of nitrogens with zero attached hydrogens (tertiary/aromatic N) is 4. The number of aromatic nitrogens is 2. The zero-order chi connectivity index (χ0) is 19.4. The van der Waals surface area contributed by atoms with Crippen LogP contribution in [-0.2, 0) is 16.5 Å². The van der Waals surface area contributed by atoms with E-state index in [1.807, 2.05) is 31.2 Å². The standard InChI is InChI=1S/C20H35N5O2/c1-20(2,3)18-15(7-6-9-27-18)11-22-19(21-4)25-8-10-26-17(14-25)16-12-23-24(5)13-16/h12-13,15,17-18H,6-11,14H2,1-5H3,(H,21,22). The number of aryl methyl sites for hydroxylation is 1. The Labute approximate surface area is 163 Å². The number of morpholine rings is 1. The number of aliphatic imine (C=N–C) groups is 1. The van der Waals surface area contributed by atoms with Gasteiger partial charge in [0.1, 0.15) is 6.10 Å². The summed E-state index contributed by atoms with van der Waals surface area (Å²) in [4.78, 5) is 6.82. The Balaban J connectivity index is 1.59. The van der Waals surface area contributed by atoms with E-state index in [4.69, 9.17) is 9.47 Å². The molecule has 3 rings (SSSR count). The number of nitrogens with one attached hydrogen (secondary N) is 1. The lowest BCUT2D eigenvalue weighted by Crippen LogP contribution is -2.51. The fourth-order valence-corrected chi connectivity index (χ4v) is 4.21. The third kappa shape index (κ3) is 5.02. The molecule has 2 aliphatic rings. The lowest BCUT2D eigenvalue weighted by Gasteiger charge is -2.41. The van der Waals surface area contributed by atoms with Crippen molar-refractivity contribution in [3.8, 4) is 0 Å². The van der Waals surface area contributed by atoms with Gasteiger partial charge in [-0.3, -0.25) is 9.67 Å². The minimum Gasteiger partial charge on any atom is -0.377 e. The quantitative estimate of drug-likeness (QED) is 0.646. The predicted octanol–water partition coefficient (Wildman–Crippen LogP) is 2.21. The first kappa shape index (κ1) is 20.1. The van der Waals surface area contributed by atoms with E-state index in [9.17, 15) is 0 Å². The highest BCUT2D eigenvalue weighted by atomic mass is 16.5. The molecule has 0 saturated carbocycles. The summed E-state index contributed by atoms with van der Waals surface area (Å²) in [5.74, 6) is 1.45. The van der Waals surface area contributed by atoms with Crippen LogP contribution in [0, 0.1) is 11.3 Å². The molecule has 2 fully saturated rings. The zero-order valence-corrected chi connectivity index (χ0v) is 17.4. The molecule has 152 valence electrons. The minimum absolute atomic E-state index is 0.0336. The molecule has 7 heteroatoms. The number of hydrogen-bond donors (Lipinski definition) is 1. The Bertz CT molecular complexity index is 637. The van der Waals surface area contributed by atoms with Gasteiger partial charge in [0.25, 0.3) is 0 Å². The fraction of sp³-hybridized carbons (Fsp3) is 0.800. The molecular formula is C20H35N5O2. The lowest BCUT2D eigenvalue weighted by molar-refractivity contribution is -0.0837. The van der Waals surface area contributed by atoms with Crippen molar-refractivity contribution in [2.24, 2.45) is 23.4 Å². The molecule has 0 bridgehead atoms. The molecule has 3 heterocycles. The zero-order valence-electron chi connectivity index (χ0n) is 17.4. The molecule has 0 spiro atoms. The van der Waals surface area contributed by atoms with Gasteiger partial charge in [-0.25, -0.2) is 0 Å². The van der Waals surface area contributed by atoms with Crippen molar-refractivity contribution in [3.63, 3.8) is 0 Å². The summed E-state index contributed by atoms with van der Waals surface area (Å²) >= 11 is 0. The second-order valence-electron chi connectivity index (χ2n) is 8.74. The SMILES string of the molecule is CN=C(NCC1CCCOC1C(C)(C)C)N1CCOC(c2cnn(C)c2)C1. The molecule has 1 N–H and O–H groups in total. The average Bonchev–Trinajstić information content (AvgIpc) is 3.08. The van der Waals surface area contributed by atoms with E-state index in [0.29, 0.717) is 12.5 Å². The molecular weight excluding hydrogens is 342 g/mol. The second-order valence-corrected chi connectivity index (χ2v) is 8.74. The van der Waals surface area contributed by atoms with Gasteiger partial charge in [0.2, 0.25) is 0 Å². The Morgan fingerprint density at radius 3 is 2.81 bits per heavy atom. The molecule has 3 atom stereocenters. The smallest absolute Gasteiger partial charge is 0.193 e. The fourth-order valence-electron chi connectivity index (χ4n) is 4.21. The molecule has 0 aliphatic carbocycles. The van der Waals surface area contributed by atoms with E-state index >= 15 is 0 Å². The first-order valence-corrected chi connectivity index (χ1v) is 10.1. The van der Waals surface area contributed by atoms with Crippen molar-refractivity contribution in [2.75, 3.05) is 39.9 Å². The van der Waals surface area contributed by atoms with E-state index in [1.54, 1.807) is 0 Å². The number of guanidine groups is 1. The van der Waals surface area contributed by atoms with Crippen molar-refractivity contribution in [1.29, 1.82) is 0 Å². The van der Waals surface area contributed by atoms with Crippen LogP contribution in [0.5, 0.6) is 0 Å². The van der Waals surface area contributed by atoms with Crippen molar-refractivity contribution < 1.29 is 9.47 Å². The van der Waals surface area contributed by atoms with Gasteiger partial charge in [-0.05, 0) is 18.3 Å². The topological polar surface area (TPSA) is 63.9 Å². The molecule has 2 saturated heterocycles. The van der Waals surface area contributed by atoms with E-state index in [1.165, 1.54) is 6.42 Å². The monoisotopic (exact) mass is 377 g/mol. The van der Waals surface area contributed by atoms with Crippen LogP contribution in [0.25, 0.3) is 0 Å². The Kier molecular flexibility index (Phi) is 6.42. The molecule has 27 heavy (non-hydrogen) atoms. The summed E-state index contributed by atoms with van der Waals surface area (Å²) < 4.78 is 13.9. The van der Waals surface area contributed by atoms with Crippen LogP contribution in [0.3, 0.4) is 0 Å². The van der Waals surface area contributed by atoms with Crippen LogP contribution in [0.4, 0.5) is 0 Å². The third-order valence-electron chi connectivity index (χ3n) is 5.50. The second kappa shape index (κ2) is 8.61. The highest BCUT2D eigenvalue weighted by Crippen LogP contribution is 2.33. The molecule has 1 aromatic rings. The van der Waals surface area contributed by atoms with E-state index in [2.05, 4.69) is 41.1 Å². The number of ether oxygens (including phenoxy) is 2. The Hall–Kier alpha value is -1.60. The largest absolute Gasteiger partial charge is 0.377 e. The van der Waals surface area contributed by atoms with E-state index in [-0.39, 0.29) is 17.6 Å². The lowest BCUT2D eigenvalue weighted by atomic mass is 9.78. The maximum absolute atomic E-state index is 6.12. The van der Waals surface area contributed by atoms with E-state index < -0.39 is 0 Å². The first-order chi connectivity index (χ1) is 12.9.